The first-order valence-electron chi connectivity index (χ1n) is 9.52. The lowest BCUT2D eigenvalue weighted by atomic mass is 10.0. The van der Waals surface area contributed by atoms with E-state index < -0.39 is 9.84 Å². The van der Waals surface area contributed by atoms with Crippen molar-refractivity contribution in [2.45, 2.75) is 46.1 Å². The van der Waals surface area contributed by atoms with Crippen LogP contribution in [0.2, 0.25) is 0 Å². The van der Waals surface area contributed by atoms with Crippen LogP contribution in [0.25, 0.3) is 0 Å². The van der Waals surface area contributed by atoms with Crippen molar-refractivity contribution < 1.29 is 8.42 Å². The zero-order valence-corrected chi connectivity index (χ0v) is 17.0. The van der Waals surface area contributed by atoms with Gasteiger partial charge in [0.15, 0.2) is 15.7 Å². The van der Waals surface area contributed by atoms with Gasteiger partial charge in [0.05, 0.1) is 17.7 Å². The maximum atomic E-state index is 11.8. The molecule has 1 aromatic heterocycles. The molecule has 1 saturated heterocycles. The molecule has 0 aliphatic carbocycles. The number of rotatable bonds is 7. The Morgan fingerprint density at radius 2 is 1.89 bits per heavy atom. The number of sulfone groups is 1. The van der Waals surface area contributed by atoms with Crippen LogP contribution in [0, 0.1) is 0 Å². The number of para-hydroxylation sites is 1. The summed E-state index contributed by atoms with van der Waals surface area (Å²) in [5.41, 5.74) is 3.52. The van der Waals surface area contributed by atoms with E-state index in [-0.39, 0.29) is 17.5 Å². The molecule has 2 aromatic rings. The van der Waals surface area contributed by atoms with E-state index in [1.807, 2.05) is 11.8 Å². The molecule has 0 radical (unpaired) electrons. The Labute approximate surface area is 161 Å². The van der Waals surface area contributed by atoms with Crippen molar-refractivity contribution in [3.8, 4) is 0 Å². The second-order valence-electron chi connectivity index (χ2n) is 6.77. The zero-order chi connectivity index (χ0) is 19.4. The highest BCUT2D eigenvalue weighted by atomic mass is 32.2. The van der Waals surface area contributed by atoms with Crippen molar-refractivity contribution in [2.75, 3.05) is 28.3 Å². The smallest absolute Gasteiger partial charge is 0.247 e. The fourth-order valence-corrected chi connectivity index (χ4v) is 5.32. The van der Waals surface area contributed by atoms with E-state index in [2.05, 4.69) is 52.5 Å². The van der Waals surface area contributed by atoms with Crippen molar-refractivity contribution in [1.29, 1.82) is 0 Å². The van der Waals surface area contributed by atoms with E-state index in [9.17, 15) is 8.42 Å². The van der Waals surface area contributed by atoms with Crippen LogP contribution in [0.4, 0.5) is 17.5 Å². The highest BCUT2D eigenvalue weighted by Crippen LogP contribution is 2.27. The standard InChI is InChI=1S/C19H27N5O2S/c1-4-14-8-7-9-15(5-2)18(14)21-17-12-20-23-19(22-17)24(6-3)16-10-11-27(25,26)13-16/h7-9,12,16H,4-6,10-11,13H2,1-3H3,(H,21,22,23). The third-order valence-electron chi connectivity index (χ3n) is 5.05. The third kappa shape index (κ3) is 4.37. The fourth-order valence-electron chi connectivity index (χ4n) is 3.59. The van der Waals surface area contributed by atoms with Gasteiger partial charge >= 0.3 is 0 Å². The number of hydrogen-bond donors (Lipinski definition) is 1. The summed E-state index contributed by atoms with van der Waals surface area (Å²) < 4.78 is 23.7. The molecule has 1 atom stereocenters. The maximum Gasteiger partial charge on any atom is 0.247 e. The highest BCUT2D eigenvalue weighted by molar-refractivity contribution is 7.91. The summed E-state index contributed by atoms with van der Waals surface area (Å²) in [6, 6.07) is 6.20. The molecule has 1 aromatic carbocycles. The second-order valence-corrected chi connectivity index (χ2v) is 9.00. The van der Waals surface area contributed by atoms with Crippen LogP contribution in [0.5, 0.6) is 0 Å². The van der Waals surface area contributed by atoms with Gasteiger partial charge in [-0.3, -0.25) is 0 Å². The van der Waals surface area contributed by atoms with Gasteiger partial charge in [-0.15, -0.1) is 5.10 Å². The van der Waals surface area contributed by atoms with Gasteiger partial charge in [0, 0.05) is 18.3 Å². The number of aryl methyl sites for hydroxylation is 2. The Bertz CT molecular complexity index is 878. The van der Waals surface area contributed by atoms with Gasteiger partial charge in [-0.05, 0) is 37.3 Å². The Kier molecular flexibility index (Phi) is 5.94. The van der Waals surface area contributed by atoms with E-state index in [0.717, 1.165) is 18.5 Å². The maximum absolute atomic E-state index is 11.8. The van der Waals surface area contributed by atoms with E-state index in [4.69, 9.17) is 0 Å². The number of anilines is 3. The monoisotopic (exact) mass is 389 g/mol. The van der Waals surface area contributed by atoms with Gasteiger partial charge in [0.25, 0.3) is 0 Å². The third-order valence-corrected chi connectivity index (χ3v) is 6.80. The SMILES string of the molecule is CCc1cccc(CC)c1Nc1cnnc(N(CC)C2CCS(=O)(=O)C2)n1. The summed E-state index contributed by atoms with van der Waals surface area (Å²) in [5, 5.41) is 11.7. The Hall–Kier alpha value is -2.22. The topological polar surface area (TPSA) is 88.1 Å². The normalized spacial score (nSPS) is 18.4. The van der Waals surface area contributed by atoms with Crippen LogP contribution in [0.15, 0.2) is 24.4 Å². The predicted molar refractivity (Wildman–Crippen MR) is 108 cm³/mol. The molecule has 1 fully saturated rings. The minimum atomic E-state index is -2.97. The molecule has 1 unspecified atom stereocenters. The van der Waals surface area contributed by atoms with Crippen molar-refractivity contribution in [3.63, 3.8) is 0 Å². The molecule has 0 spiro atoms. The quantitative estimate of drug-likeness (QED) is 0.779. The Balaban J connectivity index is 1.88. The molecule has 7 nitrogen and oxygen atoms in total. The molecule has 146 valence electrons. The first-order valence-corrected chi connectivity index (χ1v) is 11.3. The van der Waals surface area contributed by atoms with E-state index in [1.165, 1.54) is 11.1 Å². The van der Waals surface area contributed by atoms with Gasteiger partial charge in [0.1, 0.15) is 0 Å². The van der Waals surface area contributed by atoms with E-state index in [0.29, 0.717) is 24.7 Å². The Morgan fingerprint density at radius 1 is 1.19 bits per heavy atom. The summed E-state index contributed by atoms with van der Waals surface area (Å²) in [6.07, 6.45) is 4.05. The van der Waals surface area contributed by atoms with Crippen LogP contribution in [-0.2, 0) is 22.7 Å². The van der Waals surface area contributed by atoms with Gasteiger partial charge < -0.3 is 10.2 Å². The minimum Gasteiger partial charge on any atom is -0.338 e. The predicted octanol–water partition coefficient (Wildman–Crippen LogP) is 2.75. The van der Waals surface area contributed by atoms with Crippen molar-refractivity contribution in [1.82, 2.24) is 15.2 Å². The van der Waals surface area contributed by atoms with E-state index in [1.54, 1.807) is 6.20 Å². The van der Waals surface area contributed by atoms with Crippen molar-refractivity contribution in [2.24, 2.45) is 0 Å². The Morgan fingerprint density at radius 3 is 2.44 bits per heavy atom. The molecule has 1 aliphatic rings. The molecular formula is C19H27N5O2S. The molecule has 2 heterocycles. The van der Waals surface area contributed by atoms with Crippen LogP contribution < -0.4 is 10.2 Å². The number of benzene rings is 1. The van der Waals surface area contributed by atoms with Crippen LogP contribution in [0.3, 0.4) is 0 Å². The van der Waals surface area contributed by atoms with Gasteiger partial charge in [-0.25, -0.2) is 8.42 Å². The average Bonchev–Trinajstić information content (AvgIpc) is 3.02. The second kappa shape index (κ2) is 8.21. The van der Waals surface area contributed by atoms with E-state index >= 15 is 0 Å². The van der Waals surface area contributed by atoms with Crippen LogP contribution in [0.1, 0.15) is 38.3 Å². The summed E-state index contributed by atoms with van der Waals surface area (Å²) >= 11 is 0. The number of aromatic nitrogens is 3. The minimum absolute atomic E-state index is 0.0915. The molecule has 27 heavy (non-hydrogen) atoms. The lowest BCUT2D eigenvalue weighted by Gasteiger charge is -2.26. The van der Waals surface area contributed by atoms with Gasteiger partial charge in [-0.2, -0.15) is 10.1 Å². The summed E-state index contributed by atoms with van der Waals surface area (Å²) in [6.45, 7) is 6.87. The summed E-state index contributed by atoms with van der Waals surface area (Å²) in [7, 11) is -2.97. The van der Waals surface area contributed by atoms with Crippen LogP contribution >= 0.6 is 0 Å². The molecule has 8 heteroatoms. The van der Waals surface area contributed by atoms with Gasteiger partial charge in [0.2, 0.25) is 5.95 Å². The first-order chi connectivity index (χ1) is 13.0. The largest absolute Gasteiger partial charge is 0.338 e. The molecular weight excluding hydrogens is 362 g/mol. The fraction of sp³-hybridized carbons (Fsp3) is 0.526. The molecule has 1 aliphatic heterocycles. The van der Waals surface area contributed by atoms with Gasteiger partial charge in [-0.1, -0.05) is 32.0 Å². The zero-order valence-electron chi connectivity index (χ0n) is 16.1. The molecule has 3 rings (SSSR count). The van der Waals surface area contributed by atoms with Crippen LogP contribution in [-0.4, -0.2) is 47.7 Å². The molecule has 0 bridgehead atoms. The molecule has 0 saturated carbocycles. The number of nitrogens with one attached hydrogen (secondary N) is 1. The average molecular weight is 390 g/mol. The molecule has 0 amide bonds. The highest BCUT2D eigenvalue weighted by Gasteiger charge is 2.33. The number of nitrogens with zero attached hydrogens (tertiary/aromatic N) is 4. The number of hydrogen-bond acceptors (Lipinski definition) is 7. The molecule has 1 N–H and O–H groups in total. The lowest BCUT2D eigenvalue weighted by Crippen LogP contribution is -2.37. The lowest BCUT2D eigenvalue weighted by molar-refractivity contribution is 0.598. The van der Waals surface area contributed by atoms with Crippen molar-refractivity contribution >= 4 is 27.3 Å². The summed E-state index contributed by atoms with van der Waals surface area (Å²) in [4.78, 5) is 6.57. The summed E-state index contributed by atoms with van der Waals surface area (Å²) in [5.74, 6) is 1.47. The van der Waals surface area contributed by atoms with Crippen molar-refractivity contribution in [3.05, 3.63) is 35.5 Å². The first kappa shape index (κ1) is 19.5.